The predicted molar refractivity (Wildman–Crippen MR) is 159 cm³/mol. The summed E-state index contributed by atoms with van der Waals surface area (Å²) >= 11 is 0. The fourth-order valence-corrected chi connectivity index (χ4v) is 5.20. The third-order valence-electron chi connectivity index (χ3n) is 8.17. The average molecular weight is 577 g/mol. The molecule has 1 aliphatic carbocycles. The van der Waals surface area contributed by atoms with E-state index in [1.807, 2.05) is 48.5 Å². The number of nitrogens with zero attached hydrogens (tertiary/aromatic N) is 1. The van der Waals surface area contributed by atoms with Crippen LogP contribution in [0, 0.1) is 23.2 Å². The number of likely N-dealkylation sites (tertiary alicyclic amines) is 1. The topological polar surface area (TPSA) is 163 Å². The van der Waals surface area contributed by atoms with Crippen molar-refractivity contribution in [2.24, 2.45) is 28.9 Å². The van der Waals surface area contributed by atoms with Gasteiger partial charge in [0, 0.05) is 25.2 Å². The lowest BCUT2D eigenvalue weighted by atomic mass is 9.85. The molecule has 11 heteroatoms. The van der Waals surface area contributed by atoms with Crippen LogP contribution in [0.4, 0.5) is 4.79 Å². The van der Waals surface area contributed by atoms with E-state index in [4.69, 9.17) is 5.73 Å². The molecule has 1 aliphatic heterocycles. The molecule has 2 aliphatic rings. The molecule has 0 aromatic rings. The highest BCUT2D eigenvalue weighted by molar-refractivity contribution is 6.38. The zero-order chi connectivity index (χ0) is 31.1. The lowest BCUT2D eigenvalue weighted by Crippen LogP contribution is -2.61. The third-order valence-corrected chi connectivity index (χ3v) is 8.17. The summed E-state index contributed by atoms with van der Waals surface area (Å²) in [6.07, 6.45) is 4.81. The van der Waals surface area contributed by atoms with Crippen LogP contribution in [0.3, 0.4) is 0 Å². The van der Waals surface area contributed by atoms with Gasteiger partial charge in [-0.25, -0.2) is 4.79 Å². The maximum Gasteiger partial charge on any atom is 0.315 e. The monoisotopic (exact) mass is 576 g/mol. The van der Waals surface area contributed by atoms with Crippen LogP contribution in [0.15, 0.2) is 12.7 Å². The summed E-state index contributed by atoms with van der Waals surface area (Å²) in [5.41, 5.74) is 5.33. The maximum atomic E-state index is 14.1. The molecule has 232 valence electrons. The highest BCUT2D eigenvalue weighted by atomic mass is 16.2. The van der Waals surface area contributed by atoms with Crippen molar-refractivity contribution in [3.05, 3.63) is 12.7 Å². The minimum Gasteiger partial charge on any atom is -0.346 e. The molecule has 6 N–H and O–H groups in total. The van der Waals surface area contributed by atoms with Gasteiger partial charge in [0.25, 0.3) is 5.91 Å². The van der Waals surface area contributed by atoms with Gasteiger partial charge < -0.3 is 31.9 Å². The Balaban J connectivity index is 2.28. The Labute approximate surface area is 245 Å². The maximum absolute atomic E-state index is 14.1. The molecule has 41 heavy (non-hydrogen) atoms. The first-order chi connectivity index (χ1) is 19.1. The lowest BCUT2D eigenvalue weighted by Gasteiger charge is -2.36. The molecule has 0 aromatic heterocycles. The number of amides is 5. The van der Waals surface area contributed by atoms with E-state index in [1.165, 1.54) is 11.0 Å². The van der Waals surface area contributed by atoms with Gasteiger partial charge in [0.1, 0.15) is 12.1 Å². The first-order valence-corrected chi connectivity index (χ1v) is 15.0. The van der Waals surface area contributed by atoms with Crippen molar-refractivity contribution < 1.29 is 24.0 Å². The number of nitrogens with two attached hydrogens (primary N) is 1. The zero-order valence-electron chi connectivity index (χ0n) is 25.9. The van der Waals surface area contributed by atoms with Gasteiger partial charge in [-0.3, -0.25) is 19.2 Å². The number of urea groups is 1. The van der Waals surface area contributed by atoms with Gasteiger partial charge in [-0.2, -0.15) is 0 Å². The SMILES string of the molecule is C=CCNC(=O)C(=O)C(CC1CC1)NC(=O)C1C[C@@H](C(C)C)CN1C(=O)C(NC(=O)NC(CC)C(C)N)C(C)(C)C. The quantitative estimate of drug-likeness (QED) is 0.157. The summed E-state index contributed by atoms with van der Waals surface area (Å²) < 4.78 is 0. The van der Waals surface area contributed by atoms with Gasteiger partial charge in [-0.05, 0) is 49.4 Å². The molecular weight excluding hydrogens is 524 g/mol. The molecule has 0 aromatic carbocycles. The Bertz CT molecular complexity index is 971. The van der Waals surface area contributed by atoms with Crippen LogP contribution < -0.4 is 27.0 Å². The van der Waals surface area contributed by atoms with E-state index < -0.39 is 47.2 Å². The molecule has 0 radical (unpaired) electrons. The van der Waals surface area contributed by atoms with Gasteiger partial charge in [0.05, 0.1) is 6.04 Å². The number of hydrogen-bond acceptors (Lipinski definition) is 6. The van der Waals surface area contributed by atoms with Crippen molar-refractivity contribution in [3.63, 3.8) is 0 Å². The highest BCUT2D eigenvalue weighted by Gasteiger charge is 2.46. The molecule has 1 heterocycles. The van der Waals surface area contributed by atoms with Crippen LogP contribution >= 0.6 is 0 Å². The van der Waals surface area contributed by atoms with Crippen LogP contribution in [0.25, 0.3) is 0 Å². The smallest absolute Gasteiger partial charge is 0.315 e. The Morgan fingerprint density at radius 2 is 1.68 bits per heavy atom. The first kappa shape index (κ1) is 34.3. The van der Waals surface area contributed by atoms with Gasteiger partial charge in [0.2, 0.25) is 17.6 Å². The number of nitrogens with one attached hydrogen (secondary N) is 4. The second kappa shape index (κ2) is 14.8. The van der Waals surface area contributed by atoms with Crippen LogP contribution in [-0.4, -0.2) is 77.7 Å². The Kier molecular flexibility index (Phi) is 12.4. The van der Waals surface area contributed by atoms with E-state index in [1.54, 1.807) is 0 Å². The Morgan fingerprint density at radius 1 is 1.05 bits per heavy atom. The Morgan fingerprint density at radius 3 is 2.17 bits per heavy atom. The van der Waals surface area contributed by atoms with Crippen molar-refractivity contribution in [1.29, 1.82) is 0 Å². The summed E-state index contributed by atoms with van der Waals surface area (Å²) in [6.45, 7) is 17.4. The molecule has 0 bridgehead atoms. The minimum absolute atomic E-state index is 0.0557. The van der Waals surface area contributed by atoms with Crippen molar-refractivity contribution in [2.75, 3.05) is 13.1 Å². The number of ketones is 1. The number of Topliss-reactive ketones (excluding diaryl/α,β-unsaturated/α-hetero) is 1. The van der Waals surface area contributed by atoms with E-state index in [0.717, 1.165) is 12.8 Å². The summed E-state index contributed by atoms with van der Waals surface area (Å²) in [6, 6.07) is -3.74. The largest absolute Gasteiger partial charge is 0.346 e. The van der Waals surface area contributed by atoms with Gasteiger partial charge in [-0.15, -0.1) is 6.58 Å². The lowest BCUT2D eigenvalue weighted by molar-refractivity contribution is -0.143. The molecule has 1 saturated heterocycles. The molecular formula is C30H52N6O5. The van der Waals surface area contributed by atoms with E-state index in [9.17, 15) is 24.0 Å². The van der Waals surface area contributed by atoms with Crippen molar-refractivity contribution in [2.45, 2.75) is 111 Å². The molecule has 1 saturated carbocycles. The number of rotatable bonds is 14. The molecule has 0 spiro atoms. The summed E-state index contributed by atoms with van der Waals surface area (Å²) in [5, 5.41) is 11.0. The second-order valence-corrected chi connectivity index (χ2v) is 13.1. The third kappa shape index (κ3) is 9.83. The minimum atomic E-state index is -0.971. The fraction of sp³-hybridized carbons (Fsp3) is 0.767. The number of carbonyl (C=O) groups excluding carboxylic acids is 5. The van der Waals surface area contributed by atoms with Gasteiger partial charge in [0.15, 0.2) is 0 Å². The summed E-state index contributed by atoms with van der Waals surface area (Å²) in [5.74, 6) is -1.75. The average Bonchev–Trinajstić information content (AvgIpc) is 3.59. The fourth-order valence-electron chi connectivity index (χ4n) is 5.20. The Hall–Kier alpha value is -2.95. The molecule has 2 rings (SSSR count). The second-order valence-electron chi connectivity index (χ2n) is 13.1. The molecule has 5 amide bonds. The van der Waals surface area contributed by atoms with Crippen LogP contribution in [0.5, 0.6) is 0 Å². The van der Waals surface area contributed by atoms with Gasteiger partial charge in [-0.1, -0.05) is 60.5 Å². The standard InChI is InChI=1S/C30H52N6O5/c1-9-13-32-27(39)24(37)22(14-19-11-12-19)33-26(38)23-15-20(17(3)4)16-36(23)28(40)25(30(6,7)8)35-29(41)34-21(10-2)18(5)31/h9,17-23,25H,1,10-16,31H2,2-8H3,(H,32,39)(H,33,38)(H2,34,35,41)/t18?,20-,21?,22?,23?,25?/m1/s1. The van der Waals surface area contributed by atoms with E-state index in [-0.39, 0.29) is 42.3 Å². The summed E-state index contributed by atoms with van der Waals surface area (Å²) in [4.78, 5) is 67.7. The molecule has 2 fully saturated rings. The normalized spacial score (nSPS) is 21.8. The molecule has 6 atom stereocenters. The molecule has 5 unspecified atom stereocenters. The number of hydrogen-bond donors (Lipinski definition) is 5. The number of carbonyl (C=O) groups is 5. The van der Waals surface area contributed by atoms with E-state index in [2.05, 4.69) is 27.8 Å². The predicted octanol–water partition coefficient (Wildman–Crippen LogP) is 1.86. The van der Waals surface area contributed by atoms with E-state index in [0.29, 0.717) is 25.8 Å². The zero-order valence-corrected chi connectivity index (χ0v) is 25.9. The summed E-state index contributed by atoms with van der Waals surface area (Å²) in [7, 11) is 0. The van der Waals surface area contributed by atoms with Crippen molar-refractivity contribution in [1.82, 2.24) is 26.2 Å². The highest BCUT2D eigenvalue weighted by Crippen LogP contribution is 2.35. The van der Waals surface area contributed by atoms with Crippen molar-refractivity contribution >= 4 is 29.5 Å². The van der Waals surface area contributed by atoms with Crippen LogP contribution in [-0.2, 0) is 19.2 Å². The van der Waals surface area contributed by atoms with Crippen molar-refractivity contribution in [3.8, 4) is 0 Å². The van der Waals surface area contributed by atoms with E-state index >= 15 is 0 Å². The van der Waals surface area contributed by atoms with Gasteiger partial charge >= 0.3 is 6.03 Å². The first-order valence-electron chi connectivity index (χ1n) is 15.0. The van der Waals surface area contributed by atoms with Crippen LogP contribution in [0.1, 0.15) is 80.6 Å². The molecule has 11 nitrogen and oxygen atoms in total. The van der Waals surface area contributed by atoms with Crippen LogP contribution in [0.2, 0.25) is 0 Å².